The maximum atomic E-state index is 13.2. The highest BCUT2D eigenvalue weighted by Gasteiger charge is 2.34. The maximum absolute atomic E-state index is 13.2. The minimum atomic E-state index is -4.70. The number of aromatic nitrogens is 6. The molecule has 15 heteroatoms. The predicted octanol–water partition coefficient (Wildman–Crippen LogP) is 3.66. The number of hydrogen-bond acceptors (Lipinski definition) is 8. The highest BCUT2D eigenvalue weighted by molar-refractivity contribution is 7.91. The number of nitrogens with zero attached hydrogens (tertiary/aromatic N) is 6. The number of imidazole rings is 1. The van der Waals surface area contributed by atoms with Crippen LogP contribution in [0.4, 0.5) is 13.2 Å². The van der Waals surface area contributed by atoms with Crippen molar-refractivity contribution in [3.8, 4) is 11.4 Å². The molecule has 5 rings (SSSR count). The van der Waals surface area contributed by atoms with Gasteiger partial charge in [0.15, 0.2) is 20.5 Å². The first kappa shape index (κ1) is 27.2. The number of hydrogen-bond donors (Lipinski definition) is 1. The number of aryl methyl sites for hydroxylation is 2. The van der Waals surface area contributed by atoms with E-state index in [1.165, 1.54) is 30.8 Å². The third-order valence-electron chi connectivity index (χ3n) is 6.16. The molecule has 1 amide bonds. The molecule has 11 nitrogen and oxygen atoms in total. The number of rotatable bonds is 7. The van der Waals surface area contributed by atoms with Crippen LogP contribution >= 0.6 is 0 Å². The van der Waals surface area contributed by atoms with Crippen LogP contribution in [-0.2, 0) is 34.5 Å². The molecule has 4 aromatic heterocycles. The summed E-state index contributed by atoms with van der Waals surface area (Å²) in [6, 6.07) is 9.59. The largest absolute Gasteiger partial charge is 0.433 e. The zero-order chi connectivity index (χ0) is 28.8. The van der Waals surface area contributed by atoms with Crippen molar-refractivity contribution >= 4 is 32.4 Å². The van der Waals surface area contributed by atoms with Crippen molar-refractivity contribution < 1.29 is 31.2 Å². The molecule has 5 aromatic rings. The molecular formula is C25H22F3N7O4S. The van der Waals surface area contributed by atoms with Crippen LogP contribution < -0.4 is 5.48 Å². The third-order valence-corrected chi connectivity index (χ3v) is 7.80. The zero-order valence-corrected chi connectivity index (χ0v) is 22.2. The number of benzene rings is 1. The van der Waals surface area contributed by atoms with Crippen molar-refractivity contribution in [3.63, 3.8) is 0 Å². The van der Waals surface area contributed by atoms with Crippen LogP contribution in [0.1, 0.15) is 34.2 Å². The number of sulfone groups is 1. The second-order valence-corrected chi connectivity index (χ2v) is 11.1. The van der Waals surface area contributed by atoms with E-state index in [2.05, 4.69) is 25.5 Å². The summed E-state index contributed by atoms with van der Waals surface area (Å²) in [7, 11) is -2.51. The average molecular weight is 574 g/mol. The number of hydroxylamine groups is 1. The van der Waals surface area contributed by atoms with Gasteiger partial charge < -0.3 is 4.57 Å². The highest BCUT2D eigenvalue weighted by atomic mass is 32.2. The smallest absolute Gasteiger partial charge is 0.326 e. The Morgan fingerprint density at radius 3 is 2.62 bits per heavy atom. The fourth-order valence-corrected chi connectivity index (χ4v) is 5.13. The molecule has 1 N–H and O–H groups in total. The van der Waals surface area contributed by atoms with E-state index in [0.29, 0.717) is 0 Å². The molecule has 208 valence electrons. The van der Waals surface area contributed by atoms with E-state index in [-0.39, 0.29) is 46.1 Å². The second kappa shape index (κ2) is 9.98. The van der Waals surface area contributed by atoms with Crippen LogP contribution in [0.25, 0.3) is 28.1 Å². The van der Waals surface area contributed by atoms with Crippen molar-refractivity contribution in [2.75, 3.05) is 5.75 Å². The summed E-state index contributed by atoms with van der Waals surface area (Å²) in [5.41, 5.74) is 2.98. The molecule has 0 spiro atoms. The van der Waals surface area contributed by atoms with E-state index >= 15 is 0 Å². The van der Waals surface area contributed by atoms with Gasteiger partial charge in [0, 0.05) is 13.2 Å². The Morgan fingerprint density at radius 2 is 1.93 bits per heavy atom. The Balaban J connectivity index is 1.60. The lowest BCUT2D eigenvalue weighted by Crippen LogP contribution is -2.26. The average Bonchev–Trinajstić information content (AvgIpc) is 3.46. The lowest BCUT2D eigenvalue weighted by atomic mass is 10.1. The number of halogens is 3. The molecule has 0 unspecified atom stereocenters. The van der Waals surface area contributed by atoms with E-state index < -0.39 is 32.6 Å². The summed E-state index contributed by atoms with van der Waals surface area (Å²) >= 11 is 0. The van der Waals surface area contributed by atoms with Gasteiger partial charge in [-0.1, -0.05) is 36.8 Å². The van der Waals surface area contributed by atoms with Gasteiger partial charge in [-0.15, -0.1) is 0 Å². The van der Waals surface area contributed by atoms with Gasteiger partial charge in [0.05, 0.1) is 29.6 Å². The molecule has 0 saturated carbocycles. The summed E-state index contributed by atoms with van der Waals surface area (Å²) in [6.07, 6.45) is -2.41. The Hall–Kier alpha value is -4.37. The molecule has 1 aromatic carbocycles. The molecule has 0 saturated heterocycles. The Kier molecular flexibility index (Phi) is 6.79. The van der Waals surface area contributed by atoms with Crippen molar-refractivity contribution in [1.82, 2.24) is 34.6 Å². The van der Waals surface area contributed by atoms with Crippen molar-refractivity contribution in [1.29, 1.82) is 0 Å². The van der Waals surface area contributed by atoms with Crippen LogP contribution in [0.3, 0.4) is 0 Å². The third kappa shape index (κ3) is 4.88. The monoisotopic (exact) mass is 573 g/mol. The second-order valence-electron chi connectivity index (χ2n) is 8.91. The van der Waals surface area contributed by atoms with E-state index in [0.717, 1.165) is 27.9 Å². The molecule has 0 bridgehead atoms. The normalized spacial score (nSPS) is 12.3. The molecule has 0 aliphatic rings. The van der Waals surface area contributed by atoms with Crippen molar-refractivity contribution in [3.05, 3.63) is 71.3 Å². The van der Waals surface area contributed by atoms with Gasteiger partial charge in [0.2, 0.25) is 0 Å². The van der Waals surface area contributed by atoms with Crippen LogP contribution in [-0.4, -0.2) is 49.2 Å². The molecule has 0 atom stereocenters. The lowest BCUT2D eigenvalue weighted by Gasteiger charge is -2.08. The minimum Gasteiger partial charge on any atom is -0.326 e. The number of nitrogens with one attached hydrogen (secondary N) is 1. The predicted molar refractivity (Wildman–Crippen MR) is 137 cm³/mol. The number of fused-ring (bicyclic) bond motifs is 2. The van der Waals surface area contributed by atoms with Gasteiger partial charge in [-0.05, 0) is 24.6 Å². The number of carbonyl (C=O) groups is 1. The minimum absolute atomic E-state index is 0.0149. The van der Waals surface area contributed by atoms with Crippen LogP contribution in [0.5, 0.6) is 0 Å². The SMILES string of the molecule is CCS(=O)(=O)c1nn2c(C(=O)NOCc3cccc(C)c3)ccnc2c1-c1nc2cc(C(F)(F)F)ncc2n1C. The molecule has 0 fully saturated rings. The fourth-order valence-electron chi connectivity index (χ4n) is 4.15. The number of carbonyl (C=O) groups excluding carboxylic acids is 1. The van der Waals surface area contributed by atoms with Gasteiger partial charge in [0.1, 0.15) is 22.8 Å². The van der Waals surface area contributed by atoms with Gasteiger partial charge in [-0.3, -0.25) is 9.63 Å². The summed E-state index contributed by atoms with van der Waals surface area (Å²) < 4.78 is 68.4. The fraction of sp³-hybridized carbons (Fsp3) is 0.240. The molecule has 0 aliphatic carbocycles. The lowest BCUT2D eigenvalue weighted by molar-refractivity contribution is -0.141. The Morgan fingerprint density at radius 1 is 1.15 bits per heavy atom. The van der Waals surface area contributed by atoms with Gasteiger partial charge in [-0.2, -0.15) is 18.3 Å². The summed E-state index contributed by atoms with van der Waals surface area (Å²) in [5, 5.41) is 3.77. The van der Waals surface area contributed by atoms with E-state index in [1.54, 1.807) is 0 Å². The van der Waals surface area contributed by atoms with Crippen molar-refractivity contribution in [2.24, 2.45) is 7.05 Å². The van der Waals surface area contributed by atoms with E-state index in [1.807, 2.05) is 31.2 Å². The standard InChI is InChI=1S/C25H22F3N7O4S/c1-4-40(37,38)24-20(22-31-16-11-19(25(26,27)28)30-12-18(16)34(22)3)21-29-9-8-17(35(21)32-24)23(36)33-39-13-15-7-5-6-14(2)10-15/h5-12H,4,13H2,1-3H3,(H,33,36). The number of alkyl halides is 3. The Bertz CT molecular complexity index is 1880. The maximum Gasteiger partial charge on any atom is 0.433 e. The molecule has 0 aliphatic heterocycles. The van der Waals surface area contributed by atoms with E-state index in [9.17, 15) is 26.4 Å². The summed E-state index contributed by atoms with van der Waals surface area (Å²) in [5.74, 6) is -1.08. The first-order chi connectivity index (χ1) is 18.9. The van der Waals surface area contributed by atoms with Crippen LogP contribution in [0, 0.1) is 6.92 Å². The first-order valence-electron chi connectivity index (χ1n) is 11.9. The number of amides is 1. The van der Waals surface area contributed by atoms with Gasteiger partial charge in [-0.25, -0.2) is 33.4 Å². The summed E-state index contributed by atoms with van der Waals surface area (Å²) in [6.45, 7) is 3.41. The van der Waals surface area contributed by atoms with Crippen molar-refractivity contribution in [2.45, 2.75) is 31.7 Å². The van der Waals surface area contributed by atoms with E-state index in [4.69, 9.17) is 4.84 Å². The highest BCUT2D eigenvalue weighted by Crippen LogP contribution is 2.34. The Labute approximate surface area is 225 Å². The topological polar surface area (TPSA) is 133 Å². The quantitative estimate of drug-likeness (QED) is 0.292. The molecular weight excluding hydrogens is 551 g/mol. The summed E-state index contributed by atoms with van der Waals surface area (Å²) in [4.78, 5) is 30.4. The van der Waals surface area contributed by atoms with Crippen LogP contribution in [0.15, 0.2) is 53.8 Å². The molecule has 40 heavy (non-hydrogen) atoms. The zero-order valence-electron chi connectivity index (χ0n) is 21.4. The van der Waals surface area contributed by atoms with Gasteiger partial charge >= 0.3 is 6.18 Å². The number of pyridine rings is 1. The first-order valence-corrected chi connectivity index (χ1v) is 13.5. The van der Waals surface area contributed by atoms with Crippen LogP contribution in [0.2, 0.25) is 0 Å². The molecule has 0 radical (unpaired) electrons. The molecule has 4 heterocycles. The van der Waals surface area contributed by atoms with Gasteiger partial charge in [0.25, 0.3) is 5.91 Å².